The average Bonchev–Trinajstić information content (AvgIpc) is 2.49. The molecule has 1 unspecified atom stereocenters. The van der Waals surface area contributed by atoms with Crippen LogP contribution in [0, 0.1) is 0 Å². The molecule has 0 radical (unpaired) electrons. The van der Waals surface area contributed by atoms with Gasteiger partial charge >= 0.3 is 6.03 Å². The number of rotatable bonds is 4. The smallest absolute Gasteiger partial charge is 0.320 e. The van der Waals surface area contributed by atoms with Crippen molar-refractivity contribution >= 4 is 6.03 Å². The number of carbonyl (C=O) groups excluding carboxylic acids is 1. The van der Waals surface area contributed by atoms with E-state index in [1.807, 2.05) is 29.7 Å². The van der Waals surface area contributed by atoms with Gasteiger partial charge in [-0.05, 0) is 25.8 Å². The molecule has 2 rings (SSSR count). The molecule has 1 heterocycles. The van der Waals surface area contributed by atoms with Crippen molar-refractivity contribution in [3.05, 3.63) is 35.9 Å². The summed E-state index contributed by atoms with van der Waals surface area (Å²) in [5.74, 6) is 0. The van der Waals surface area contributed by atoms with Gasteiger partial charge in [0, 0.05) is 38.8 Å². The largest absolute Gasteiger partial charge is 0.325 e. The van der Waals surface area contributed by atoms with Gasteiger partial charge in [-0.1, -0.05) is 30.3 Å². The second kappa shape index (κ2) is 7.29. The number of amides is 2. The van der Waals surface area contributed by atoms with Gasteiger partial charge in [-0.15, -0.1) is 0 Å². The van der Waals surface area contributed by atoms with E-state index in [9.17, 15) is 4.79 Å². The third-order valence-corrected chi connectivity index (χ3v) is 3.88. The van der Waals surface area contributed by atoms with Gasteiger partial charge in [-0.3, -0.25) is 0 Å². The number of urea groups is 1. The van der Waals surface area contributed by atoms with Crippen LogP contribution in [-0.2, 0) is 6.42 Å². The zero-order valence-electron chi connectivity index (χ0n) is 12.5. The number of carbonyl (C=O) groups is 1. The van der Waals surface area contributed by atoms with Gasteiger partial charge in [0.2, 0.25) is 0 Å². The van der Waals surface area contributed by atoms with Gasteiger partial charge in [0.05, 0.1) is 0 Å². The van der Waals surface area contributed by atoms with E-state index in [4.69, 9.17) is 0 Å². The Bertz CT molecular complexity index is 417. The lowest BCUT2D eigenvalue weighted by Gasteiger charge is -2.36. The quantitative estimate of drug-likeness (QED) is 0.912. The number of piperazine rings is 1. The minimum atomic E-state index is 0.176. The van der Waals surface area contributed by atoms with E-state index in [1.54, 1.807) is 0 Å². The van der Waals surface area contributed by atoms with Crippen molar-refractivity contribution in [2.75, 3.05) is 32.7 Å². The van der Waals surface area contributed by atoms with E-state index >= 15 is 0 Å². The molecule has 0 aliphatic carbocycles. The molecule has 1 saturated heterocycles. The topological polar surface area (TPSA) is 35.6 Å². The van der Waals surface area contributed by atoms with E-state index in [0.717, 1.165) is 39.1 Å². The van der Waals surface area contributed by atoms with Crippen molar-refractivity contribution in [2.24, 2.45) is 0 Å². The second-order valence-electron chi connectivity index (χ2n) is 5.24. The summed E-state index contributed by atoms with van der Waals surface area (Å²) in [5, 5.41) is 3.51. The molecule has 1 aliphatic rings. The maximum atomic E-state index is 12.4. The highest BCUT2D eigenvalue weighted by molar-refractivity contribution is 5.74. The van der Waals surface area contributed by atoms with Gasteiger partial charge < -0.3 is 15.1 Å². The molecule has 110 valence electrons. The number of nitrogens with zero attached hydrogens (tertiary/aromatic N) is 2. The van der Waals surface area contributed by atoms with Crippen LogP contribution >= 0.6 is 0 Å². The SMILES string of the molecule is CCN(CC)C(=O)N1CCNC(Cc2ccccc2)C1. The van der Waals surface area contributed by atoms with Crippen LogP contribution in [0.3, 0.4) is 0 Å². The summed E-state index contributed by atoms with van der Waals surface area (Å²) in [5.41, 5.74) is 1.32. The van der Waals surface area contributed by atoms with Crippen molar-refractivity contribution in [1.29, 1.82) is 0 Å². The van der Waals surface area contributed by atoms with Gasteiger partial charge in [0.25, 0.3) is 0 Å². The lowest BCUT2D eigenvalue weighted by atomic mass is 10.0. The molecule has 0 spiro atoms. The molecule has 20 heavy (non-hydrogen) atoms. The number of benzene rings is 1. The highest BCUT2D eigenvalue weighted by Gasteiger charge is 2.25. The highest BCUT2D eigenvalue weighted by Crippen LogP contribution is 2.09. The lowest BCUT2D eigenvalue weighted by molar-refractivity contribution is 0.140. The van der Waals surface area contributed by atoms with Crippen molar-refractivity contribution in [2.45, 2.75) is 26.3 Å². The van der Waals surface area contributed by atoms with Crippen LogP contribution in [-0.4, -0.2) is 54.6 Å². The monoisotopic (exact) mass is 275 g/mol. The van der Waals surface area contributed by atoms with Crippen molar-refractivity contribution in [3.8, 4) is 0 Å². The Morgan fingerprint density at radius 2 is 2.00 bits per heavy atom. The predicted octanol–water partition coefficient (Wildman–Crippen LogP) is 1.96. The van der Waals surface area contributed by atoms with Crippen LogP contribution in [0.15, 0.2) is 30.3 Å². The third-order valence-electron chi connectivity index (χ3n) is 3.88. The predicted molar refractivity (Wildman–Crippen MR) is 81.8 cm³/mol. The molecule has 1 N–H and O–H groups in total. The van der Waals surface area contributed by atoms with E-state index in [2.05, 4.69) is 29.6 Å². The van der Waals surface area contributed by atoms with Crippen LogP contribution in [0.1, 0.15) is 19.4 Å². The fourth-order valence-corrected chi connectivity index (χ4v) is 2.73. The Hall–Kier alpha value is -1.55. The van der Waals surface area contributed by atoms with Gasteiger partial charge in [-0.2, -0.15) is 0 Å². The zero-order valence-corrected chi connectivity index (χ0v) is 12.5. The first-order valence-electron chi connectivity index (χ1n) is 7.55. The summed E-state index contributed by atoms with van der Waals surface area (Å²) in [4.78, 5) is 16.3. The molecule has 0 saturated carbocycles. The minimum absolute atomic E-state index is 0.176. The maximum Gasteiger partial charge on any atom is 0.320 e. The molecule has 0 aromatic heterocycles. The maximum absolute atomic E-state index is 12.4. The summed E-state index contributed by atoms with van der Waals surface area (Å²) in [6.45, 7) is 8.11. The zero-order chi connectivity index (χ0) is 14.4. The van der Waals surface area contributed by atoms with Crippen LogP contribution < -0.4 is 5.32 Å². The Morgan fingerprint density at radius 3 is 2.65 bits per heavy atom. The van der Waals surface area contributed by atoms with Crippen LogP contribution in [0.5, 0.6) is 0 Å². The van der Waals surface area contributed by atoms with Gasteiger partial charge in [0.1, 0.15) is 0 Å². The molecular weight excluding hydrogens is 250 g/mol. The standard InChI is InChI=1S/C16H25N3O/c1-3-18(4-2)16(20)19-11-10-17-15(13-19)12-14-8-6-5-7-9-14/h5-9,15,17H,3-4,10-13H2,1-2H3. The fraction of sp³-hybridized carbons (Fsp3) is 0.562. The first kappa shape index (κ1) is 14.9. The van der Waals surface area contributed by atoms with E-state index < -0.39 is 0 Å². The van der Waals surface area contributed by atoms with E-state index in [0.29, 0.717) is 6.04 Å². The van der Waals surface area contributed by atoms with Crippen molar-refractivity contribution in [3.63, 3.8) is 0 Å². The molecule has 1 fully saturated rings. The second-order valence-corrected chi connectivity index (χ2v) is 5.24. The first-order chi connectivity index (χ1) is 9.74. The van der Waals surface area contributed by atoms with Gasteiger partial charge in [-0.25, -0.2) is 4.79 Å². The normalized spacial score (nSPS) is 18.9. The lowest BCUT2D eigenvalue weighted by Crippen LogP contribution is -2.56. The van der Waals surface area contributed by atoms with E-state index in [-0.39, 0.29) is 6.03 Å². The Balaban J connectivity index is 1.93. The number of nitrogens with one attached hydrogen (secondary N) is 1. The van der Waals surface area contributed by atoms with Crippen molar-refractivity contribution in [1.82, 2.24) is 15.1 Å². The molecule has 1 atom stereocenters. The summed E-state index contributed by atoms with van der Waals surface area (Å²) in [6.07, 6.45) is 0.975. The van der Waals surface area contributed by atoms with Crippen molar-refractivity contribution < 1.29 is 4.79 Å². The Labute approximate surface area is 121 Å². The molecule has 4 nitrogen and oxygen atoms in total. The number of hydrogen-bond acceptors (Lipinski definition) is 2. The molecule has 0 bridgehead atoms. The molecule has 1 aliphatic heterocycles. The molecule has 4 heteroatoms. The van der Waals surface area contributed by atoms with Gasteiger partial charge in [0.15, 0.2) is 0 Å². The molecular formula is C16H25N3O. The summed E-state index contributed by atoms with van der Waals surface area (Å²) < 4.78 is 0. The number of hydrogen-bond donors (Lipinski definition) is 1. The first-order valence-corrected chi connectivity index (χ1v) is 7.55. The van der Waals surface area contributed by atoms with E-state index in [1.165, 1.54) is 5.56 Å². The fourth-order valence-electron chi connectivity index (χ4n) is 2.73. The Kier molecular flexibility index (Phi) is 5.41. The molecule has 1 aromatic rings. The Morgan fingerprint density at radius 1 is 1.30 bits per heavy atom. The highest BCUT2D eigenvalue weighted by atomic mass is 16.2. The molecule has 1 aromatic carbocycles. The summed E-state index contributed by atoms with van der Waals surface area (Å²) >= 11 is 0. The average molecular weight is 275 g/mol. The summed E-state index contributed by atoms with van der Waals surface area (Å²) in [7, 11) is 0. The van der Waals surface area contributed by atoms with Crippen LogP contribution in [0.4, 0.5) is 4.79 Å². The minimum Gasteiger partial charge on any atom is -0.325 e. The molecule has 2 amide bonds. The third kappa shape index (κ3) is 3.73. The van der Waals surface area contributed by atoms with Crippen LogP contribution in [0.25, 0.3) is 0 Å². The summed E-state index contributed by atoms with van der Waals surface area (Å²) in [6, 6.07) is 11.0. The van der Waals surface area contributed by atoms with Crippen LogP contribution in [0.2, 0.25) is 0 Å².